The first-order valence-electron chi connectivity index (χ1n) is 5.13. The fraction of sp³-hybridized carbons (Fsp3) is 0.0833. The molecule has 92 valence electrons. The molecule has 2 heterocycles. The van der Waals surface area contributed by atoms with Crippen LogP contribution in [0.4, 0.5) is 5.82 Å². The summed E-state index contributed by atoms with van der Waals surface area (Å²) in [7, 11) is 0. The van der Waals surface area contributed by atoms with Crippen LogP contribution in [0.15, 0.2) is 30.3 Å². The molecule has 0 aliphatic carbocycles. The number of aryl methyl sites for hydroxylation is 1. The molecule has 0 bridgehead atoms. The fourth-order valence-electron chi connectivity index (χ4n) is 1.43. The second-order valence-electron chi connectivity index (χ2n) is 3.62. The Kier molecular flexibility index (Phi) is 3.79. The molecule has 0 spiro atoms. The Labute approximate surface area is 114 Å². The van der Waals surface area contributed by atoms with Crippen molar-refractivity contribution in [2.45, 2.75) is 6.92 Å². The van der Waals surface area contributed by atoms with Crippen molar-refractivity contribution in [2.24, 2.45) is 0 Å². The largest absolute Gasteiger partial charge is 0.307 e. The number of carbonyl (C=O) groups is 1. The van der Waals surface area contributed by atoms with Gasteiger partial charge in [-0.15, -0.1) is 0 Å². The molecule has 2 rings (SSSR count). The van der Waals surface area contributed by atoms with Crippen molar-refractivity contribution < 1.29 is 4.79 Å². The molecule has 0 saturated heterocycles. The van der Waals surface area contributed by atoms with Crippen molar-refractivity contribution in [1.82, 2.24) is 9.97 Å². The van der Waals surface area contributed by atoms with Crippen LogP contribution in [0.3, 0.4) is 0 Å². The molecule has 0 saturated carbocycles. The molecule has 0 atom stereocenters. The van der Waals surface area contributed by atoms with E-state index in [4.69, 9.17) is 23.2 Å². The predicted octanol–water partition coefficient (Wildman–Crippen LogP) is 3.34. The minimum atomic E-state index is -0.308. The Balaban J connectivity index is 2.22. The van der Waals surface area contributed by atoms with Crippen molar-refractivity contribution in [3.63, 3.8) is 0 Å². The van der Waals surface area contributed by atoms with Crippen LogP contribution in [0, 0.1) is 6.92 Å². The van der Waals surface area contributed by atoms with Gasteiger partial charge in [-0.25, -0.2) is 9.97 Å². The molecule has 0 aromatic carbocycles. The number of aromatic nitrogens is 2. The van der Waals surface area contributed by atoms with Gasteiger partial charge in [-0.05, 0) is 31.2 Å². The number of amides is 1. The van der Waals surface area contributed by atoms with E-state index in [0.717, 1.165) is 0 Å². The SMILES string of the molecule is Cc1cc(C(=O)Nc2cccc(Cl)n2)cc(Cl)n1. The van der Waals surface area contributed by atoms with Crippen LogP contribution in [0.5, 0.6) is 0 Å². The maximum Gasteiger partial charge on any atom is 0.256 e. The van der Waals surface area contributed by atoms with Crippen LogP contribution in [0.2, 0.25) is 10.3 Å². The minimum absolute atomic E-state index is 0.277. The van der Waals surface area contributed by atoms with Gasteiger partial charge in [0.15, 0.2) is 0 Å². The first-order chi connectivity index (χ1) is 8.54. The third kappa shape index (κ3) is 3.18. The van der Waals surface area contributed by atoms with E-state index in [2.05, 4.69) is 15.3 Å². The number of carbonyl (C=O) groups excluding carboxylic acids is 1. The number of hydrogen-bond donors (Lipinski definition) is 1. The lowest BCUT2D eigenvalue weighted by Gasteiger charge is -2.05. The average molecular weight is 282 g/mol. The summed E-state index contributed by atoms with van der Waals surface area (Å²) < 4.78 is 0. The van der Waals surface area contributed by atoms with Crippen LogP contribution in [-0.2, 0) is 0 Å². The van der Waals surface area contributed by atoms with E-state index in [1.165, 1.54) is 6.07 Å². The van der Waals surface area contributed by atoms with E-state index < -0.39 is 0 Å². The van der Waals surface area contributed by atoms with Crippen molar-refractivity contribution in [3.8, 4) is 0 Å². The second kappa shape index (κ2) is 5.33. The fourth-order valence-corrected chi connectivity index (χ4v) is 1.84. The third-order valence-corrected chi connectivity index (χ3v) is 2.55. The van der Waals surface area contributed by atoms with Gasteiger partial charge in [0.05, 0.1) is 0 Å². The highest BCUT2D eigenvalue weighted by Gasteiger charge is 2.09. The van der Waals surface area contributed by atoms with Crippen LogP contribution >= 0.6 is 23.2 Å². The Bertz CT molecular complexity index is 581. The number of pyridine rings is 2. The monoisotopic (exact) mass is 281 g/mol. The quantitative estimate of drug-likeness (QED) is 0.859. The minimum Gasteiger partial charge on any atom is -0.307 e. The van der Waals surface area contributed by atoms with Gasteiger partial charge in [0.2, 0.25) is 0 Å². The van der Waals surface area contributed by atoms with Crippen LogP contribution in [-0.4, -0.2) is 15.9 Å². The van der Waals surface area contributed by atoms with E-state index in [1.807, 2.05) is 0 Å². The Morgan fingerprint density at radius 1 is 1.17 bits per heavy atom. The third-order valence-electron chi connectivity index (χ3n) is 2.14. The van der Waals surface area contributed by atoms with Crippen molar-refractivity contribution in [1.29, 1.82) is 0 Å². The van der Waals surface area contributed by atoms with Gasteiger partial charge >= 0.3 is 0 Å². The van der Waals surface area contributed by atoms with Crippen LogP contribution in [0.1, 0.15) is 16.1 Å². The van der Waals surface area contributed by atoms with E-state index in [0.29, 0.717) is 22.2 Å². The first-order valence-corrected chi connectivity index (χ1v) is 5.88. The topological polar surface area (TPSA) is 54.9 Å². The van der Waals surface area contributed by atoms with Gasteiger partial charge in [-0.1, -0.05) is 29.3 Å². The summed E-state index contributed by atoms with van der Waals surface area (Å²) in [5, 5.41) is 3.23. The molecule has 1 N–H and O–H groups in total. The smallest absolute Gasteiger partial charge is 0.256 e. The summed E-state index contributed by atoms with van der Waals surface area (Å²) in [5.74, 6) is 0.0789. The molecule has 0 aliphatic rings. The van der Waals surface area contributed by atoms with E-state index in [1.54, 1.807) is 31.2 Å². The van der Waals surface area contributed by atoms with E-state index in [-0.39, 0.29) is 11.1 Å². The maximum absolute atomic E-state index is 11.9. The van der Waals surface area contributed by atoms with Gasteiger partial charge < -0.3 is 5.32 Å². The highest BCUT2D eigenvalue weighted by molar-refractivity contribution is 6.30. The highest BCUT2D eigenvalue weighted by atomic mass is 35.5. The van der Waals surface area contributed by atoms with Crippen molar-refractivity contribution in [2.75, 3.05) is 5.32 Å². The average Bonchev–Trinajstić information content (AvgIpc) is 2.27. The van der Waals surface area contributed by atoms with E-state index in [9.17, 15) is 4.79 Å². The molecule has 0 aliphatic heterocycles. The van der Waals surface area contributed by atoms with E-state index >= 15 is 0 Å². The predicted molar refractivity (Wildman–Crippen MR) is 71.2 cm³/mol. The molecule has 0 unspecified atom stereocenters. The van der Waals surface area contributed by atoms with Crippen molar-refractivity contribution >= 4 is 34.9 Å². The zero-order valence-corrected chi connectivity index (χ0v) is 11.0. The number of nitrogens with one attached hydrogen (secondary N) is 1. The van der Waals surface area contributed by atoms with Crippen LogP contribution < -0.4 is 5.32 Å². The number of hydrogen-bond acceptors (Lipinski definition) is 3. The summed E-state index contributed by atoms with van der Waals surface area (Å²) in [5.41, 5.74) is 1.10. The number of nitrogens with zero attached hydrogens (tertiary/aromatic N) is 2. The highest BCUT2D eigenvalue weighted by Crippen LogP contribution is 2.14. The van der Waals surface area contributed by atoms with Gasteiger partial charge in [0, 0.05) is 11.3 Å². The Morgan fingerprint density at radius 3 is 2.61 bits per heavy atom. The molecule has 0 fully saturated rings. The number of anilines is 1. The Hall–Kier alpha value is -1.65. The molecule has 6 heteroatoms. The lowest BCUT2D eigenvalue weighted by molar-refractivity contribution is 0.102. The molecule has 2 aromatic rings. The van der Waals surface area contributed by atoms with Gasteiger partial charge in [-0.3, -0.25) is 4.79 Å². The molecular formula is C12H9Cl2N3O. The summed E-state index contributed by atoms with van der Waals surface area (Å²) in [6.07, 6.45) is 0. The maximum atomic E-state index is 11.9. The molecule has 0 radical (unpaired) electrons. The first kappa shape index (κ1) is 12.8. The number of rotatable bonds is 2. The normalized spacial score (nSPS) is 10.2. The van der Waals surface area contributed by atoms with Gasteiger partial charge in [-0.2, -0.15) is 0 Å². The summed E-state index contributed by atoms with van der Waals surface area (Å²) in [4.78, 5) is 19.9. The van der Waals surface area contributed by atoms with Gasteiger partial charge in [0.1, 0.15) is 16.1 Å². The molecule has 2 aromatic heterocycles. The number of halogens is 2. The molecule has 1 amide bonds. The Morgan fingerprint density at radius 2 is 1.94 bits per heavy atom. The molecule has 4 nitrogen and oxygen atoms in total. The lowest BCUT2D eigenvalue weighted by atomic mass is 10.2. The lowest BCUT2D eigenvalue weighted by Crippen LogP contribution is -2.13. The van der Waals surface area contributed by atoms with Gasteiger partial charge in [0.25, 0.3) is 5.91 Å². The second-order valence-corrected chi connectivity index (χ2v) is 4.39. The standard InChI is InChI=1S/C12H9Cl2N3O/c1-7-5-8(6-10(14)15-7)12(18)17-11-4-2-3-9(13)16-11/h2-6H,1H3,(H,16,17,18). The van der Waals surface area contributed by atoms with Crippen molar-refractivity contribution in [3.05, 3.63) is 51.9 Å². The summed E-state index contributed by atoms with van der Waals surface area (Å²) in [6.45, 7) is 1.76. The molecular weight excluding hydrogens is 273 g/mol. The zero-order valence-electron chi connectivity index (χ0n) is 9.45. The summed E-state index contributed by atoms with van der Waals surface area (Å²) in [6, 6.07) is 8.13. The zero-order chi connectivity index (χ0) is 13.1. The van der Waals surface area contributed by atoms with Crippen LogP contribution in [0.25, 0.3) is 0 Å². The summed E-state index contributed by atoms with van der Waals surface area (Å²) >= 11 is 11.5. The molecule has 18 heavy (non-hydrogen) atoms.